The highest BCUT2D eigenvalue weighted by Gasteiger charge is 2.82. The number of benzene rings is 1. The maximum Gasteiger partial charge on any atom is 0.310 e. The van der Waals surface area contributed by atoms with E-state index in [1.807, 2.05) is 19.1 Å². The molecule has 0 radical (unpaired) electrons. The number of hydrogen-bond donors (Lipinski definition) is 0. The highest BCUT2D eigenvalue weighted by Crippen LogP contribution is 2.85. The molecule has 6 atom stereocenters. The molecule has 0 saturated heterocycles. The molecule has 25 heavy (non-hydrogen) atoms. The van der Waals surface area contributed by atoms with Gasteiger partial charge in [0.05, 0.1) is 17.4 Å². The van der Waals surface area contributed by atoms with Crippen LogP contribution in [0.1, 0.15) is 39.2 Å². The van der Waals surface area contributed by atoms with Crippen molar-refractivity contribution < 1.29 is 14.5 Å². The molecule has 0 aromatic heterocycles. The number of non-ortho nitro benzene ring substituents is 1. The lowest BCUT2D eigenvalue weighted by molar-refractivity contribution is -0.384. The Hall–Kier alpha value is -2.17. The minimum atomic E-state index is -0.376. The number of nitro benzene ring substituents is 1. The van der Waals surface area contributed by atoms with Crippen LogP contribution in [-0.4, -0.2) is 17.5 Å². The zero-order chi connectivity index (χ0) is 18.1. The lowest BCUT2D eigenvalue weighted by Crippen LogP contribution is -2.41. The predicted molar refractivity (Wildman–Crippen MR) is 92.9 cm³/mol. The molecular formula is C20H23NO4. The van der Waals surface area contributed by atoms with Crippen molar-refractivity contribution in [3.8, 4) is 0 Å². The number of rotatable bonds is 4. The molecule has 5 nitrogen and oxygen atoms in total. The van der Waals surface area contributed by atoms with Crippen molar-refractivity contribution in [3.63, 3.8) is 0 Å². The summed E-state index contributed by atoms with van der Waals surface area (Å²) in [6, 6.07) is 6.87. The minimum absolute atomic E-state index is 0.0289. The second kappa shape index (κ2) is 4.93. The summed E-state index contributed by atoms with van der Waals surface area (Å²) in [6.45, 7) is 8.81. The van der Waals surface area contributed by atoms with Gasteiger partial charge in [-0.15, -0.1) is 0 Å². The van der Waals surface area contributed by atoms with Gasteiger partial charge in [0.15, 0.2) is 0 Å². The third kappa shape index (κ3) is 1.87. The van der Waals surface area contributed by atoms with E-state index in [1.165, 1.54) is 5.57 Å². The summed E-state index contributed by atoms with van der Waals surface area (Å²) in [7, 11) is 0. The molecule has 0 aliphatic heterocycles. The van der Waals surface area contributed by atoms with Crippen molar-refractivity contribution in [1.82, 2.24) is 0 Å². The molecule has 5 heteroatoms. The Morgan fingerprint density at radius 2 is 1.92 bits per heavy atom. The van der Waals surface area contributed by atoms with Crippen LogP contribution in [0.2, 0.25) is 0 Å². The van der Waals surface area contributed by atoms with Crippen molar-refractivity contribution in [3.05, 3.63) is 51.6 Å². The maximum absolute atomic E-state index is 12.7. The van der Waals surface area contributed by atoms with E-state index in [9.17, 15) is 14.9 Å². The highest BCUT2D eigenvalue weighted by atomic mass is 16.6. The first kappa shape index (κ1) is 16.3. The second-order valence-electron chi connectivity index (χ2n) is 8.14. The Kier molecular flexibility index (Phi) is 3.22. The van der Waals surface area contributed by atoms with E-state index >= 15 is 0 Å². The number of allylic oxidation sites excluding steroid dienone is 2. The molecule has 2 saturated carbocycles. The number of ether oxygens (including phenoxy) is 1. The van der Waals surface area contributed by atoms with E-state index in [1.54, 1.807) is 12.1 Å². The van der Waals surface area contributed by atoms with Crippen LogP contribution >= 0.6 is 0 Å². The molecule has 1 aromatic carbocycles. The SMILES string of the molecule is CCOC(=O)[C@@H]1C2C3C(C)=CC1(C)[C@@H](c1ccc([N+](=O)[O-])cc1)C32C. The van der Waals surface area contributed by atoms with E-state index in [2.05, 4.69) is 26.8 Å². The minimum Gasteiger partial charge on any atom is -0.466 e. The van der Waals surface area contributed by atoms with E-state index in [4.69, 9.17) is 4.74 Å². The summed E-state index contributed by atoms with van der Waals surface area (Å²) in [5, 5.41) is 11.0. The second-order valence-corrected chi connectivity index (χ2v) is 8.14. The Balaban J connectivity index is 1.79. The molecule has 4 aliphatic carbocycles. The first-order valence-electron chi connectivity index (χ1n) is 8.87. The number of esters is 1. The van der Waals surface area contributed by atoms with Crippen LogP contribution in [0.25, 0.3) is 0 Å². The standard InChI is InChI=1S/C20H23NO4/c1-5-25-18(22)16-15-14-11(2)10-19(16,3)17(20(14,15)4)12-6-8-13(9-7-12)21(23)24/h6-10,14-17H,5H2,1-4H3/t14?,15?,16-,17+,19?,20?/m0/s1. The van der Waals surface area contributed by atoms with Gasteiger partial charge in [-0.05, 0) is 42.6 Å². The summed E-state index contributed by atoms with van der Waals surface area (Å²) < 4.78 is 5.40. The topological polar surface area (TPSA) is 69.4 Å². The predicted octanol–water partition coefficient (Wildman–Crippen LogP) is 4.09. The smallest absolute Gasteiger partial charge is 0.310 e. The van der Waals surface area contributed by atoms with E-state index < -0.39 is 0 Å². The van der Waals surface area contributed by atoms with Gasteiger partial charge < -0.3 is 4.74 Å². The average molecular weight is 341 g/mol. The van der Waals surface area contributed by atoms with Gasteiger partial charge in [0.1, 0.15) is 0 Å². The van der Waals surface area contributed by atoms with Crippen molar-refractivity contribution >= 4 is 11.7 Å². The van der Waals surface area contributed by atoms with E-state index in [0.29, 0.717) is 18.4 Å². The van der Waals surface area contributed by atoms with E-state index in [-0.39, 0.29) is 39.2 Å². The first-order chi connectivity index (χ1) is 11.8. The van der Waals surface area contributed by atoms with Gasteiger partial charge in [0.2, 0.25) is 0 Å². The van der Waals surface area contributed by atoms with Crippen LogP contribution in [0.4, 0.5) is 5.69 Å². The molecule has 4 unspecified atom stereocenters. The average Bonchev–Trinajstić information content (AvgIpc) is 3.09. The van der Waals surface area contributed by atoms with Gasteiger partial charge in [0, 0.05) is 17.5 Å². The Bertz CT molecular complexity index is 798. The normalized spacial score (nSPS) is 40.4. The van der Waals surface area contributed by atoms with Crippen LogP contribution < -0.4 is 0 Å². The van der Waals surface area contributed by atoms with Crippen LogP contribution in [0.15, 0.2) is 35.9 Å². The lowest BCUT2D eigenvalue weighted by Gasteiger charge is -2.44. The molecule has 4 bridgehead atoms. The quantitative estimate of drug-likeness (QED) is 0.358. The van der Waals surface area contributed by atoms with Gasteiger partial charge in [0.25, 0.3) is 5.69 Å². The summed E-state index contributed by atoms with van der Waals surface area (Å²) in [6.07, 6.45) is 2.26. The summed E-state index contributed by atoms with van der Waals surface area (Å²) in [4.78, 5) is 23.3. The number of hydrogen-bond acceptors (Lipinski definition) is 4. The zero-order valence-electron chi connectivity index (χ0n) is 15.0. The fourth-order valence-corrected chi connectivity index (χ4v) is 6.39. The van der Waals surface area contributed by atoms with Crippen LogP contribution in [0.3, 0.4) is 0 Å². The van der Waals surface area contributed by atoms with Crippen molar-refractivity contribution in [2.24, 2.45) is 28.6 Å². The molecule has 0 spiro atoms. The maximum atomic E-state index is 12.7. The molecule has 5 rings (SSSR count). The fourth-order valence-electron chi connectivity index (χ4n) is 6.39. The number of carbonyl (C=O) groups is 1. The Morgan fingerprint density at radius 1 is 1.28 bits per heavy atom. The van der Waals surface area contributed by atoms with Gasteiger partial charge >= 0.3 is 5.97 Å². The number of nitrogens with zero attached hydrogens (tertiary/aromatic N) is 1. The molecule has 1 aromatic rings. The molecular weight excluding hydrogens is 318 g/mol. The fraction of sp³-hybridized carbons (Fsp3) is 0.550. The third-order valence-corrected chi connectivity index (χ3v) is 6.92. The van der Waals surface area contributed by atoms with Crippen LogP contribution in [0.5, 0.6) is 0 Å². The van der Waals surface area contributed by atoms with Crippen molar-refractivity contribution in [2.45, 2.75) is 33.6 Å². The highest BCUT2D eigenvalue weighted by molar-refractivity contribution is 5.78. The summed E-state index contributed by atoms with van der Waals surface area (Å²) >= 11 is 0. The van der Waals surface area contributed by atoms with E-state index in [0.717, 1.165) is 5.56 Å². The van der Waals surface area contributed by atoms with Gasteiger partial charge in [-0.2, -0.15) is 0 Å². The summed E-state index contributed by atoms with van der Waals surface area (Å²) in [5.41, 5.74) is 2.28. The van der Waals surface area contributed by atoms with Gasteiger partial charge in [-0.1, -0.05) is 37.6 Å². The van der Waals surface area contributed by atoms with Crippen LogP contribution in [0, 0.1) is 38.7 Å². The molecule has 4 aliphatic rings. The Morgan fingerprint density at radius 3 is 2.48 bits per heavy atom. The molecule has 0 amide bonds. The molecule has 0 N–H and O–H groups in total. The van der Waals surface area contributed by atoms with Gasteiger partial charge in [-0.25, -0.2) is 0 Å². The third-order valence-electron chi connectivity index (χ3n) is 6.92. The largest absolute Gasteiger partial charge is 0.466 e. The first-order valence-corrected chi connectivity index (χ1v) is 8.87. The van der Waals surface area contributed by atoms with Gasteiger partial charge in [-0.3, -0.25) is 14.9 Å². The Labute approximate surface area is 147 Å². The molecule has 0 heterocycles. The van der Waals surface area contributed by atoms with Crippen LogP contribution in [-0.2, 0) is 9.53 Å². The zero-order valence-corrected chi connectivity index (χ0v) is 15.0. The number of carbonyl (C=O) groups excluding carboxylic acids is 1. The van der Waals surface area contributed by atoms with Crippen molar-refractivity contribution in [1.29, 1.82) is 0 Å². The lowest BCUT2D eigenvalue weighted by atomic mass is 9.59. The summed E-state index contributed by atoms with van der Waals surface area (Å²) in [5.74, 6) is 0.655. The van der Waals surface area contributed by atoms with Crippen molar-refractivity contribution in [2.75, 3.05) is 6.61 Å². The molecule has 2 fully saturated rings. The monoisotopic (exact) mass is 341 g/mol. The molecule has 132 valence electrons. The number of nitro groups is 1.